The summed E-state index contributed by atoms with van der Waals surface area (Å²) in [6, 6.07) is 23.1. The fourth-order valence-corrected chi connectivity index (χ4v) is 3.40. The standard InChI is InChI=1S/C23H20BrN3O2/c1-16-6-2-3-7-19(16)26-23(28)14-27-21-9-5-4-8-20(21)25-22(27)15-29-18-12-10-17(24)11-13-18/h2-13H,14-15H2,1H3,(H,26,28). The predicted octanol–water partition coefficient (Wildman–Crippen LogP) is 5.32. The van der Waals surface area contributed by atoms with E-state index < -0.39 is 0 Å². The van der Waals surface area contributed by atoms with E-state index in [1.54, 1.807) is 0 Å². The SMILES string of the molecule is Cc1ccccc1NC(=O)Cn1c(COc2ccc(Br)cc2)nc2ccccc21. The van der Waals surface area contributed by atoms with Crippen LogP contribution in [0.1, 0.15) is 11.4 Å². The second-order valence-electron chi connectivity index (χ2n) is 6.71. The minimum absolute atomic E-state index is 0.104. The Morgan fingerprint density at radius 2 is 1.76 bits per heavy atom. The molecule has 4 rings (SSSR count). The summed E-state index contributed by atoms with van der Waals surface area (Å²) in [4.78, 5) is 17.4. The maximum absolute atomic E-state index is 12.7. The number of carbonyl (C=O) groups excluding carboxylic acids is 1. The van der Waals surface area contributed by atoms with E-state index in [-0.39, 0.29) is 19.1 Å². The monoisotopic (exact) mass is 449 g/mol. The molecule has 3 aromatic carbocycles. The number of fused-ring (bicyclic) bond motifs is 1. The van der Waals surface area contributed by atoms with E-state index in [2.05, 4.69) is 26.2 Å². The number of carbonyl (C=O) groups is 1. The molecule has 0 saturated carbocycles. The number of rotatable bonds is 6. The zero-order valence-electron chi connectivity index (χ0n) is 15.9. The predicted molar refractivity (Wildman–Crippen MR) is 118 cm³/mol. The van der Waals surface area contributed by atoms with Gasteiger partial charge in [-0.1, -0.05) is 46.3 Å². The third-order valence-electron chi connectivity index (χ3n) is 4.64. The maximum atomic E-state index is 12.7. The molecule has 29 heavy (non-hydrogen) atoms. The van der Waals surface area contributed by atoms with Crippen molar-refractivity contribution in [2.24, 2.45) is 0 Å². The summed E-state index contributed by atoms with van der Waals surface area (Å²) in [6.45, 7) is 2.40. The highest BCUT2D eigenvalue weighted by atomic mass is 79.9. The number of amides is 1. The third-order valence-corrected chi connectivity index (χ3v) is 5.16. The van der Waals surface area contributed by atoms with Crippen LogP contribution in [-0.4, -0.2) is 15.5 Å². The number of anilines is 1. The highest BCUT2D eigenvalue weighted by Gasteiger charge is 2.15. The molecule has 146 valence electrons. The smallest absolute Gasteiger partial charge is 0.244 e. The van der Waals surface area contributed by atoms with Gasteiger partial charge in [0.1, 0.15) is 24.7 Å². The van der Waals surface area contributed by atoms with Crippen LogP contribution in [0.15, 0.2) is 77.3 Å². The molecule has 0 aliphatic carbocycles. The molecule has 4 aromatic rings. The van der Waals surface area contributed by atoms with Gasteiger partial charge in [0.05, 0.1) is 11.0 Å². The third kappa shape index (κ3) is 4.49. The van der Waals surface area contributed by atoms with Gasteiger partial charge >= 0.3 is 0 Å². The molecule has 0 unspecified atom stereocenters. The molecule has 0 aliphatic heterocycles. The van der Waals surface area contributed by atoms with Crippen molar-refractivity contribution in [3.05, 3.63) is 88.7 Å². The molecular weight excluding hydrogens is 430 g/mol. The van der Waals surface area contributed by atoms with E-state index in [0.29, 0.717) is 5.82 Å². The van der Waals surface area contributed by atoms with Crippen LogP contribution in [0.3, 0.4) is 0 Å². The van der Waals surface area contributed by atoms with Crippen molar-refractivity contribution < 1.29 is 9.53 Å². The second kappa shape index (κ2) is 8.49. The van der Waals surface area contributed by atoms with E-state index in [1.807, 2.05) is 84.3 Å². The topological polar surface area (TPSA) is 56.2 Å². The van der Waals surface area contributed by atoms with Crippen molar-refractivity contribution in [1.82, 2.24) is 9.55 Å². The molecule has 0 saturated heterocycles. The Morgan fingerprint density at radius 1 is 1.03 bits per heavy atom. The number of hydrogen-bond acceptors (Lipinski definition) is 3. The molecule has 1 aromatic heterocycles. The number of imidazole rings is 1. The molecule has 0 bridgehead atoms. The Labute approximate surface area is 177 Å². The van der Waals surface area contributed by atoms with Crippen LogP contribution in [0.25, 0.3) is 11.0 Å². The first-order chi connectivity index (χ1) is 14.1. The van der Waals surface area contributed by atoms with Crippen molar-refractivity contribution in [1.29, 1.82) is 0 Å². The van der Waals surface area contributed by atoms with Crippen molar-refractivity contribution in [3.63, 3.8) is 0 Å². The number of aromatic nitrogens is 2. The second-order valence-corrected chi connectivity index (χ2v) is 7.62. The van der Waals surface area contributed by atoms with Crippen molar-refractivity contribution in [2.45, 2.75) is 20.1 Å². The lowest BCUT2D eigenvalue weighted by Crippen LogP contribution is -2.21. The van der Waals surface area contributed by atoms with Gasteiger partial charge in [0.2, 0.25) is 5.91 Å². The molecule has 1 N–H and O–H groups in total. The zero-order chi connectivity index (χ0) is 20.2. The Bertz CT molecular complexity index is 1150. The number of hydrogen-bond donors (Lipinski definition) is 1. The molecule has 1 heterocycles. The molecule has 0 atom stereocenters. The van der Waals surface area contributed by atoms with Crippen LogP contribution in [0, 0.1) is 6.92 Å². The molecule has 6 heteroatoms. The van der Waals surface area contributed by atoms with E-state index in [0.717, 1.165) is 32.5 Å². The molecule has 1 amide bonds. The van der Waals surface area contributed by atoms with Gasteiger partial charge in [-0.05, 0) is 55.0 Å². The Hall–Kier alpha value is -3.12. The fourth-order valence-electron chi connectivity index (χ4n) is 3.14. The van der Waals surface area contributed by atoms with Crippen molar-refractivity contribution in [3.8, 4) is 5.75 Å². The highest BCUT2D eigenvalue weighted by molar-refractivity contribution is 9.10. The number of ether oxygens (including phenoxy) is 1. The first kappa shape index (κ1) is 19.2. The van der Waals surface area contributed by atoms with Gasteiger partial charge in [-0.15, -0.1) is 0 Å². The first-order valence-electron chi connectivity index (χ1n) is 9.28. The average molecular weight is 450 g/mol. The molecular formula is C23H20BrN3O2. The number of para-hydroxylation sites is 3. The number of benzene rings is 3. The number of halogens is 1. The summed E-state index contributed by atoms with van der Waals surface area (Å²) in [5, 5.41) is 2.99. The summed E-state index contributed by atoms with van der Waals surface area (Å²) >= 11 is 3.42. The van der Waals surface area contributed by atoms with Crippen LogP contribution >= 0.6 is 15.9 Å². The van der Waals surface area contributed by atoms with Gasteiger partial charge < -0.3 is 14.6 Å². The summed E-state index contributed by atoms with van der Waals surface area (Å²) in [6.07, 6.45) is 0. The van der Waals surface area contributed by atoms with Gasteiger partial charge in [0.15, 0.2) is 0 Å². The summed E-state index contributed by atoms with van der Waals surface area (Å²) < 4.78 is 8.80. The molecule has 0 fully saturated rings. The van der Waals surface area contributed by atoms with E-state index in [1.165, 1.54) is 0 Å². The largest absolute Gasteiger partial charge is 0.486 e. The average Bonchev–Trinajstić information content (AvgIpc) is 3.07. The summed E-state index contributed by atoms with van der Waals surface area (Å²) in [5.41, 5.74) is 3.58. The molecule has 0 aliphatic rings. The zero-order valence-corrected chi connectivity index (χ0v) is 17.5. The van der Waals surface area contributed by atoms with Crippen molar-refractivity contribution >= 4 is 38.6 Å². The normalized spacial score (nSPS) is 10.8. The van der Waals surface area contributed by atoms with Gasteiger partial charge in [-0.2, -0.15) is 0 Å². The quantitative estimate of drug-likeness (QED) is 0.432. The summed E-state index contributed by atoms with van der Waals surface area (Å²) in [7, 11) is 0. The maximum Gasteiger partial charge on any atom is 0.244 e. The van der Waals surface area contributed by atoms with Gasteiger partial charge in [-0.25, -0.2) is 4.98 Å². The van der Waals surface area contributed by atoms with Crippen LogP contribution in [-0.2, 0) is 17.9 Å². The van der Waals surface area contributed by atoms with Crippen molar-refractivity contribution in [2.75, 3.05) is 5.32 Å². The van der Waals surface area contributed by atoms with E-state index in [9.17, 15) is 4.79 Å². The molecule has 0 spiro atoms. The minimum atomic E-state index is -0.104. The Morgan fingerprint density at radius 3 is 2.55 bits per heavy atom. The minimum Gasteiger partial charge on any atom is -0.486 e. The lowest BCUT2D eigenvalue weighted by Gasteiger charge is -2.12. The highest BCUT2D eigenvalue weighted by Crippen LogP contribution is 2.21. The van der Waals surface area contributed by atoms with Gasteiger partial charge in [0.25, 0.3) is 0 Å². The first-order valence-corrected chi connectivity index (χ1v) is 10.1. The number of nitrogens with one attached hydrogen (secondary N) is 1. The molecule has 5 nitrogen and oxygen atoms in total. The Kier molecular flexibility index (Phi) is 5.62. The molecule has 0 radical (unpaired) electrons. The Balaban J connectivity index is 1.57. The van der Waals surface area contributed by atoms with Crippen LogP contribution < -0.4 is 10.1 Å². The van der Waals surface area contributed by atoms with Crippen LogP contribution in [0.4, 0.5) is 5.69 Å². The van der Waals surface area contributed by atoms with Crippen LogP contribution in [0.2, 0.25) is 0 Å². The van der Waals surface area contributed by atoms with Gasteiger partial charge in [0, 0.05) is 10.2 Å². The van der Waals surface area contributed by atoms with Gasteiger partial charge in [-0.3, -0.25) is 4.79 Å². The number of aryl methyl sites for hydroxylation is 1. The number of nitrogens with zero attached hydrogens (tertiary/aromatic N) is 2. The summed E-state index contributed by atoms with van der Waals surface area (Å²) in [5.74, 6) is 1.34. The van der Waals surface area contributed by atoms with E-state index in [4.69, 9.17) is 4.74 Å². The fraction of sp³-hybridized carbons (Fsp3) is 0.130. The van der Waals surface area contributed by atoms with Crippen LogP contribution in [0.5, 0.6) is 5.75 Å². The lowest BCUT2D eigenvalue weighted by atomic mass is 10.2. The van der Waals surface area contributed by atoms with E-state index >= 15 is 0 Å². The lowest BCUT2D eigenvalue weighted by molar-refractivity contribution is -0.116.